The molecule has 17 heavy (non-hydrogen) atoms. The van der Waals surface area contributed by atoms with Crippen LogP contribution in [0.15, 0.2) is 24.3 Å². The molecule has 1 aromatic carbocycles. The fraction of sp³-hybridized carbons (Fsp3) is 0.600. The molecule has 0 aliphatic heterocycles. The summed E-state index contributed by atoms with van der Waals surface area (Å²) in [5.74, 6) is 0.933. The van der Waals surface area contributed by atoms with Crippen LogP contribution in [0.3, 0.4) is 0 Å². The van der Waals surface area contributed by atoms with Gasteiger partial charge < -0.3 is 5.11 Å². The molecule has 0 aliphatic rings. The number of hydrogen-bond acceptors (Lipinski definition) is 1. The number of unbranched alkanes of at least 4 members (excludes halogenated alkanes) is 4. The summed E-state index contributed by atoms with van der Waals surface area (Å²) in [5, 5.41) is 10.3. The summed E-state index contributed by atoms with van der Waals surface area (Å²) < 4.78 is 0. The van der Waals surface area contributed by atoms with Gasteiger partial charge in [-0.1, -0.05) is 67.1 Å². The number of halogens is 1. The molecule has 0 saturated carbocycles. The molecule has 1 rings (SSSR count). The van der Waals surface area contributed by atoms with Gasteiger partial charge in [0.2, 0.25) is 0 Å². The second kappa shape index (κ2) is 8.57. The van der Waals surface area contributed by atoms with E-state index < -0.39 is 0 Å². The van der Waals surface area contributed by atoms with E-state index in [-0.39, 0.29) is 0 Å². The minimum Gasteiger partial charge on any atom is -0.508 e. The molecule has 1 nitrogen and oxygen atoms in total. The number of phenolic OH excluding ortho intramolecular Hbond substituents is 1. The van der Waals surface area contributed by atoms with Crippen molar-refractivity contribution in [2.75, 3.05) is 5.33 Å². The number of alkyl halides is 1. The van der Waals surface area contributed by atoms with Crippen LogP contribution in [0.1, 0.15) is 56.9 Å². The van der Waals surface area contributed by atoms with Gasteiger partial charge in [-0.15, -0.1) is 0 Å². The quantitative estimate of drug-likeness (QED) is 0.514. The van der Waals surface area contributed by atoms with Crippen LogP contribution in [0.5, 0.6) is 5.75 Å². The second-order valence-electron chi connectivity index (χ2n) is 4.65. The van der Waals surface area contributed by atoms with E-state index in [1.54, 1.807) is 12.1 Å². The Balaban J connectivity index is 2.35. The van der Waals surface area contributed by atoms with Crippen LogP contribution in [-0.2, 0) is 0 Å². The Morgan fingerprint density at radius 1 is 1.06 bits per heavy atom. The van der Waals surface area contributed by atoms with Crippen LogP contribution in [-0.4, -0.2) is 10.4 Å². The summed E-state index contributed by atoms with van der Waals surface area (Å²) in [7, 11) is 0. The van der Waals surface area contributed by atoms with Crippen molar-refractivity contribution < 1.29 is 5.11 Å². The maximum absolute atomic E-state index is 9.27. The van der Waals surface area contributed by atoms with E-state index in [1.165, 1.54) is 44.1 Å². The Bertz CT molecular complexity index is 294. The van der Waals surface area contributed by atoms with Gasteiger partial charge in [0.25, 0.3) is 0 Å². The highest BCUT2D eigenvalue weighted by Gasteiger charge is 2.09. The zero-order chi connectivity index (χ0) is 12.5. The van der Waals surface area contributed by atoms with Crippen LogP contribution in [0.2, 0.25) is 0 Å². The van der Waals surface area contributed by atoms with Gasteiger partial charge in [0.15, 0.2) is 0 Å². The third-order valence-corrected chi connectivity index (χ3v) is 3.99. The third kappa shape index (κ3) is 5.58. The van der Waals surface area contributed by atoms with Gasteiger partial charge >= 0.3 is 0 Å². The predicted octanol–water partition coefficient (Wildman–Crippen LogP) is 5.23. The van der Waals surface area contributed by atoms with Crippen molar-refractivity contribution in [1.29, 1.82) is 0 Å². The van der Waals surface area contributed by atoms with Crippen LogP contribution < -0.4 is 0 Å². The molecule has 1 aromatic rings. The lowest BCUT2D eigenvalue weighted by Gasteiger charge is -2.14. The molecule has 0 aliphatic carbocycles. The standard InChI is InChI=1S/C15H23BrO/c1-2-3-4-5-6-7-14(12-16)13-8-10-15(17)11-9-13/h8-11,14,17H,2-7,12H2,1H3. The number of phenols is 1. The van der Waals surface area contributed by atoms with E-state index in [2.05, 4.69) is 22.9 Å². The minimum atomic E-state index is 0.352. The Hall–Kier alpha value is -0.500. The summed E-state index contributed by atoms with van der Waals surface area (Å²) in [4.78, 5) is 0. The Labute approximate surface area is 113 Å². The highest BCUT2D eigenvalue weighted by molar-refractivity contribution is 9.09. The zero-order valence-electron chi connectivity index (χ0n) is 10.7. The fourth-order valence-electron chi connectivity index (χ4n) is 2.07. The molecule has 0 radical (unpaired) electrons. The molecule has 1 N–H and O–H groups in total. The van der Waals surface area contributed by atoms with E-state index >= 15 is 0 Å². The third-order valence-electron chi connectivity index (χ3n) is 3.21. The van der Waals surface area contributed by atoms with E-state index in [0.29, 0.717) is 11.7 Å². The van der Waals surface area contributed by atoms with Gasteiger partial charge in [-0.05, 0) is 30.0 Å². The van der Waals surface area contributed by atoms with Crippen molar-refractivity contribution in [3.63, 3.8) is 0 Å². The smallest absolute Gasteiger partial charge is 0.115 e. The van der Waals surface area contributed by atoms with Crippen LogP contribution in [0.4, 0.5) is 0 Å². The molecule has 0 saturated heterocycles. The topological polar surface area (TPSA) is 20.2 Å². The van der Waals surface area contributed by atoms with Crippen molar-refractivity contribution in [3.05, 3.63) is 29.8 Å². The zero-order valence-corrected chi connectivity index (χ0v) is 12.2. The van der Waals surface area contributed by atoms with Crippen LogP contribution in [0.25, 0.3) is 0 Å². The SMILES string of the molecule is CCCCCCCC(CBr)c1ccc(O)cc1. The molecule has 0 amide bonds. The normalized spacial score (nSPS) is 12.6. The lowest BCUT2D eigenvalue weighted by atomic mass is 9.94. The van der Waals surface area contributed by atoms with Crippen LogP contribution >= 0.6 is 15.9 Å². The van der Waals surface area contributed by atoms with E-state index in [0.717, 1.165) is 5.33 Å². The maximum Gasteiger partial charge on any atom is 0.115 e. The first kappa shape index (κ1) is 14.6. The van der Waals surface area contributed by atoms with Gasteiger partial charge in [-0.25, -0.2) is 0 Å². The second-order valence-corrected chi connectivity index (χ2v) is 5.29. The fourth-order valence-corrected chi connectivity index (χ4v) is 2.77. The van der Waals surface area contributed by atoms with Crippen molar-refractivity contribution in [1.82, 2.24) is 0 Å². The first-order chi connectivity index (χ1) is 8.27. The van der Waals surface area contributed by atoms with Gasteiger partial charge in [0.1, 0.15) is 5.75 Å². The molecule has 0 bridgehead atoms. The lowest BCUT2D eigenvalue weighted by molar-refractivity contribution is 0.474. The van der Waals surface area contributed by atoms with Gasteiger partial charge in [-0.2, -0.15) is 0 Å². The molecule has 1 atom stereocenters. The minimum absolute atomic E-state index is 0.352. The van der Waals surface area contributed by atoms with Crippen molar-refractivity contribution >= 4 is 15.9 Å². The average molecular weight is 299 g/mol. The molecule has 0 spiro atoms. The van der Waals surface area contributed by atoms with Crippen molar-refractivity contribution in [3.8, 4) is 5.75 Å². The number of hydrogen-bond donors (Lipinski definition) is 1. The molecule has 0 fully saturated rings. The first-order valence-corrected chi connectivity index (χ1v) is 7.75. The Kier molecular flexibility index (Phi) is 7.34. The van der Waals surface area contributed by atoms with Crippen molar-refractivity contribution in [2.24, 2.45) is 0 Å². The maximum atomic E-state index is 9.27. The molecule has 0 aromatic heterocycles. The Morgan fingerprint density at radius 2 is 1.71 bits per heavy atom. The van der Waals surface area contributed by atoms with Crippen molar-refractivity contribution in [2.45, 2.75) is 51.4 Å². The number of aromatic hydroxyl groups is 1. The summed E-state index contributed by atoms with van der Waals surface area (Å²) >= 11 is 3.59. The lowest BCUT2D eigenvalue weighted by Crippen LogP contribution is -2.00. The average Bonchev–Trinajstić information content (AvgIpc) is 2.35. The largest absolute Gasteiger partial charge is 0.508 e. The van der Waals surface area contributed by atoms with Crippen LogP contribution in [0, 0.1) is 0 Å². The number of benzene rings is 1. The van der Waals surface area contributed by atoms with Gasteiger partial charge in [0, 0.05) is 5.33 Å². The summed E-state index contributed by atoms with van der Waals surface area (Å²) in [5.41, 5.74) is 1.33. The predicted molar refractivity (Wildman–Crippen MR) is 78.0 cm³/mol. The van der Waals surface area contributed by atoms with E-state index in [9.17, 15) is 5.11 Å². The van der Waals surface area contributed by atoms with Gasteiger partial charge in [-0.3, -0.25) is 0 Å². The summed E-state index contributed by atoms with van der Waals surface area (Å²) in [6, 6.07) is 7.63. The van der Waals surface area contributed by atoms with Gasteiger partial charge in [0.05, 0.1) is 0 Å². The first-order valence-electron chi connectivity index (χ1n) is 6.62. The molecular formula is C15H23BrO. The monoisotopic (exact) mass is 298 g/mol. The molecule has 2 heteroatoms. The highest BCUT2D eigenvalue weighted by Crippen LogP contribution is 2.26. The Morgan fingerprint density at radius 3 is 2.29 bits per heavy atom. The molecule has 1 unspecified atom stereocenters. The number of rotatable bonds is 8. The molecule has 96 valence electrons. The highest BCUT2D eigenvalue weighted by atomic mass is 79.9. The van der Waals surface area contributed by atoms with E-state index in [4.69, 9.17) is 0 Å². The molecular weight excluding hydrogens is 276 g/mol. The summed E-state index contributed by atoms with van der Waals surface area (Å²) in [6.45, 7) is 2.25. The molecule has 0 heterocycles. The van der Waals surface area contributed by atoms with E-state index in [1.807, 2.05) is 12.1 Å². The summed E-state index contributed by atoms with van der Waals surface area (Å²) in [6.07, 6.45) is 7.91.